The first kappa shape index (κ1) is 20.3. The van der Waals surface area contributed by atoms with Gasteiger partial charge in [0.05, 0.1) is 18.8 Å². The number of alkyl carbamates (subject to hydrolysis) is 1. The summed E-state index contributed by atoms with van der Waals surface area (Å²) in [6.07, 6.45) is -0.293. The standard InChI is InChI=1S/C19H22N2O6/c1-26-18(24)15-9-14(10-20-11-15)17(23)16(22)7-8-21-19(25)27-12-13-5-3-2-4-6-13/h2-6,9-11,16-17,22-23H,7-8,12H2,1H3,(H,21,25). The minimum Gasteiger partial charge on any atom is -0.465 e. The van der Waals surface area contributed by atoms with Crippen LogP contribution in [0.5, 0.6) is 0 Å². The van der Waals surface area contributed by atoms with Gasteiger partial charge in [0.15, 0.2) is 0 Å². The van der Waals surface area contributed by atoms with Crippen LogP contribution in [0.15, 0.2) is 48.8 Å². The molecule has 144 valence electrons. The zero-order chi connectivity index (χ0) is 19.6. The fourth-order valence-electron chi connectivity index (χ4n) is 2.33. The number of nitrogens with one attached hydrogen (secondary N) is 1. The highest BCUT2D eigenvalue weighted by atomic mass is 16.5. The summed E-state index contributed by atoms with van der Waals surface area (Å²) in [6.45, 7) is 0.250. The van der Waals surface area contributed by atoms with E-state index in [2.05, 4.69) is 15.0 Å². The molecule has 2 aromatic rings. The first-order valence-electron chi connectivity index (χ1n) is 8.35. The van der Waals surface area contributed by atoms with Gasteiger partial charge in [0.2, 0.25) is 0 Å². The van der Waals surface area contributed by atoms with Crippen molar-refractivity contribution in [2.75, 3.05) is 13.7 Å². The number of rotatable bonds is 8. The molecule has 0 saturated carbocycles. The molecule has 0 aliphatic heterocycles. The molecule has 2 unspecified atom stereocenters. The molecule has 0 aliphatic rings. The van der Waals surface area contributed by atoms with Crippen LogP contribution < -0.4 is 5.32 Å². The number of aromatic nitrogens is 1. The van der Waals surface area contributed by atoms with Gasteiger partial charge < -0.3 is 25.0 Å². The molecule has 2 rings (SSSR count). The molecule has 1 heterocycles. The second-order valence-corrected chi connectivity index (χ2v) is 5.79. The van der Waals surface area contributed by atoms with Crippen molar-refractivity contribution in [2.24, 2.45) is 0 Å². The number of methoxy groups -OCH3 is 1. The van der Waals surface area contributed by atoms with Crippen LogP contribution in [-0.4, -0.2) is 47.0 Å². The number of pyridine rings is 1. The summed E-state index contributed by atoms with van der Waals surface area (Å²) in [5.74, 6) is -0.589. The molecule has 1 aromatic heterocycles. The predicted octanol–water partition coefficient (Wildman–Crippen LogP) is 1.58. The first-order chi connectivity index (χ1) is 13.0. The second-order valence-electron chi connectivity index (χ2n) is 5.79. The van der Waals surface area contributed by atoms with Crippen molar-refractivity contribution in [3.8, 4) is 0 Å². The van der Waals surface area contributed by atoms with Gasteiger partial charge >= 0.3 is 12.1 Å². The topological polar surface area (TPSA) is 118 Å². The number of hydrogen-bond donors (Lipinski definition) is 3. The third kappa shape index (κ3) is 6.36. The molecule has 8 nitrogen and oxygen atoms in total. The van der Waals surface area contributed by atoms with E-state index in [0.29, 0.717) is 0 Å². The van der Waals surface area contributed by atoms with E-state index in [1.54, 1.807) is 0 Å². The fraction of sp³-hybridized carbons (Fsp3) is 0.316. The van der Waals surface area contributed by atoms with Crippen LogP contribution >= 0.6 is 0 Å². The number of esters is 1. The summed E-state index contributed by atoms with van der Waals surface area (Å²) in [5.41, 5.74) is 1.31. The molecule has 27 heavy (non-hydrogen) atoms. The Labute approximate surface area is 156 Å². The number of amides is 1. The van der Waals surface area contributed by atoms with Crippen molar-refractivity contribution < 1.29 is 29.3 Å². The van der Waals surface area contributed by atoms with Crippen molar-refractivity contribution in [1.29, 1.82) is 0 Å². The summed E-state index contributed by atoms with van der Waals surface area (Å²) in [6, 6.07) is 10.6. The van der Waals surface area contributed by atoms with Gasteiger partial charge in [-0.05, 0) is 18.1 Å². The van der Waals surface area contributed by atoms with E-state index in [0.717, 1.165) is 5.56 Å². The number of aliphatic hydroxyl groups excluding tert-OH is 2. The monoisotopic (exact) mass is 374 g/mol. The molecule has 0 fully saturated rings. The Morgan fingerprint density at radius 2 is 1.93 bits per heavy atom. The van der Waals surface area contributed by atoms with Gasteiger partial charge in [-0.1, -0.05) is 30.3 Å². The summed E-state index contributed by atoms with van der Waals surface area (Å²) >= 11 is 0. The number of aliphatic hydroxyl groups is 2. The Morgan fingerprint density at radius 3 is 2.63 bits per heavy atom. The lowest BCUT2D eigenvalue weighted by Gasteiger charge is -2.18. The molecule has 1 amide bonds. The Kier molecular flexibility index (Phi) is 7.72. The van der Waals surface area contributed by atoms with E-state index in [4.69, 9.17) is 4.74 Å². The Bertz CT molecular complexity index is 753. The average Bonchev–Trinajstić information content (AvgIpc) is 2.71. The molecular formula is C19H22N2O6. The Morgan fingerprint density at radius 1 is 1.19 bits per heavy atom. The maximum absolute atomic E-state index is 11.7. The van der Waals surface area contributed by atoms with E-state index in [9.17, 15) is 19.8 Å². The lowest BCUT2D eigenvalue weighted by atomic mass is 10.0. The van der Waals surface area contributed by atoms with Crippen LogP contribution in [0.25, 0.3) is 0 Å². The largest absolute Gasteiger partial charge is 0.465 e. The zero-order valence-corrected chi connectivity index (χ0v) is 14.9. The van der Waals surface area contributed by atoms with Crippen LogP contribution in [0, 0.1) is 0 Å². The summed E-state index contributed by atoms with van der Waals surface area (Å²) in [5, 5.41) is 22.8. The molecule has 0 radical (unpaired) electrons. The maximum atomic E-state index is 11.7. The fourth-order valence-corrected chi connectivity index (χ4v) is 2.33. The molecule has 2 atom stereocenters. The highest BCUT2D eigenvalue weighted by molar-refractivity contribution is 5.89. The van der Waals surface area contributed by atoms with Crippen LogP contribution in [0.3, 0.4) is 0 Å². The number of carbonyl (C=O) groups is 2. The first-order valence-corrected chi connectivity index (χ1v) is 8.35. The minimum absolute atomic E-state index is 0.0874. The van der Waals surface area contributed by atoms with Crippen LogP contribution in [0.2, 0.25) is 0 Å². The zero-order valence-electron chi connectivity index (χ0n) is 14.9. The molecule has 0 spiro atoms. The lowest BCUT2D eigenvalue weighted by Crippen LogP contribution is -2.29. The molecule has 0 saturated heterocycles. The second kappa shape index (κ2) is 10.2. The van der Waals surface area contributed by atoms with Crippen LogP contribution in [0.1, 0.15) is 34.0 Å². The normalized spacial score (nSPS) is 12.7. The van der Waals surface area contributed by atoms with Gasteiger partial charge in [0.25, 0.3) is 0 Å². The Hall–Kier alpha value is -2.97. The molecule has 3 N–H and O–H groups in total. The molecule has 0 bridgehead atoms. The minimum atomic E-state index is -1.26. The van der Waals surface area contributed by atoms with Crippen molar-refractivity contribution >= 4 is 12.1 Å². The van der Waals surface area contributed by atoms with Crippen molar-refractivity contribution in [2.45, 2.75) is 25.2 Å². The third-order valence-corrected chi connectivity index (χ3v) is 3.81. The van der Waals surface area contributed by atoms with Crippen LogP contribution in [0.4, 0.5) is 4.79 Å². The Balaban J connectivity index is 1.77. The smallest absolute Gasteiger partial charge is 0.407 e. The van der Waals surface area contributed by atoms with Gasteiger partial charge in [-0.3, -0.25) is 4.98 Å². The van der Waals surface area contributed by atoms with Gasteiger partial charge in [0.1, 0.15) is 12.7 Å². The van der Waals surface area contributed by atoms with E-state index in [1.807, 2.05) is 30.3 Å². The van der Waals surface area contributed by atoms with Crippen molar-refractivity contribution in [3.05, 3.63) is 65.5 Å². The number of benzene rings is 1. The van der Waals surface area contributed by atoms with E-state index >= 15 is 0 Å². The van der Waals surface area contributed by atoms with E-state index in [1.165, 1.54) is 25.6 Å². The van der Waals surface area contributed by atoms with E-state index < -0.39 is 24.3 Å². The highest BCUT2D eigenvalue weighted by Gasteiger charge is 2.20. The van der Waals surface area contributed by atoms with Crippen molar-refractivity contribution in [1.82, 2.24) is 10.3 Å². The van der Waals surface area contributed by atoms with Gasteiger partial charge in [-0.15, -0.1) is 0 Å². The predicted molar refractivity (Wildman–Crippen MR) is 95.8 cm³/mol. The van der Waals surface area contributed by atoms with Crippen LogP contribution in [-0.2, 0) is 16.1 Å². The molecular weight excluding hydrogens is 352 g/mol. The lowest BCUT2D eigenvalue weighted by molar-refractivity contribution is 0.0133. The quantitative estimate of drug-likeness (QED) is 0.600. The molecule has 1 aromatic carbocycles. The number of hydrogen-bond acceptors (Lipinski definition) is 7. The van der Waals surface area contributed by atoms with Gasteiger partial charge in [-0.2, -0.15) is 0 Å². The third-order valence-electron chi connectivity index (χ3n) is 3.81. The van der Waals surface area contributed by atoms with Gasteiger partial charge in [0, 0.05) is 24.5 Å². The number of carbonyl (C=O) groups excluding carboxylic acids is 2. The molecule has 0 aliphatic carbocycles. The van der Waals surface area contributed by atoms with Crippen molar-refractivity contribution in [3.63, 3.8) is 0 Å². The summed E-state index contributed by atoms with van der Waals surface area (Å²) in [7, 11) is 1.24. The molecule has 8 heteroatoms. The SMILES string of the molecule is COC(=O)c1cncc(C(O)C(O)CCNC(=O)OCc2ccccc2)c1. The maximum Gasteiger partial charge on any atom is 0.407 e. The van der Waals surface area contributed by atoms with Gasteiger partial charge in [-0.25, -0.2) is 9.59 Å². The summed E-state index contributed by atoms with van der Waals surface area (Å²) in [4.78, 5) is 27.0. The van der Waals surface area contributed by atoms with E-state index in [-0.39, 0.29) is 30.7 Å². The number of nitrogens with zero attached hydrogens (tertiary/aromatic N) is 1. The number of ether oxygens (including phenoxy) is 2. The average molecular weight is 374 g/mol. The highest BCUT2D eigenvalue weighted by Crippen LogP contribution is 2.19. The summed E-state index contributed by atoms with van der Waals surface area (Å²) < 4.78 is 9.65.